The SMILES string of the molecule is O=C1Cc2cc(S(=O)(=O)Nc3ccccc3)c(Br)cc2N1. The summed E-state index contributed by atoms with van der Waals surface area (Å²) in [7, 11) is -3.72. The Hall–Kier alpha value is -1.86. The summed E-state index contributed by atoms with van der Waals surface area (Å²) >= 11 is 3.25. The number of rotatable bonds is 3. The van der Waals surface area contributed by atoms with Gasteiger partial charge in [0.2, 0.25) is 5.91 Å². The number of nitrogens with one attached hydrogen (secondary N) is 2. The number of hydrogen-bond donors (Lipinski definition) is 2. The molecule has 3 rings (SSSR count). The standard InChI is InChI=1S/C14H11BrN2O3S/c15-11-8-12-9(7-14(18)16-12)6-13(11)21(19,20)17-10-4-2-1-3-5-10/h1-6,8,17H,7H2,(H,16,18). The second-order valence-corrected chi connectivity index (χ2v) is 7.14. The Morgan fingerprint density at radius 3 is 2.57 bits per heavy atom. The van der Waals surface area contributed by atoms with Crippen molar-refractivity contribution in [3.8, 4) is 0 Å². The van der Waals surface area contributed by atoms with E-state index in [2.05, 4.69) is 26.0 Å². The molecule has 0 atom stereocenters. The van der Waals surface area contributed by atoms with Crippen LogP contribution in [0.25, 0.3) is 0 Å². The molecule has 0 fully saturated rings. The first-order chi connectivity index (χ1) is 9.95. The number of halogens is 1. The molecule has 0 bridgehead atoms. The average molecular weight is 367 g/mol. The molecule has 0 radical (unpaired) electrons. The van der Waals surface area contributed by atoms with Crippen molar-refractivity contribution in [1.82, 2.24) is 0 Å². The molecule has 0 aromatic heterocycles. The van der Waals surface area contributed by atoms with Crippen molar-refractivity contribution in [2.24, 2.45) is 0 Å². The van der Waals surface area contributed by atoms with Crippen LogP contribution in [0.15, 0.2) is 51.8 Å². The zero-order chi connectivity index (χ0) is 15.0. The average Bonchev–Trinajstić information content (AvgIpc) is 2.77. The number of anilines is 2. The molecule has 0 spiro atoms. The van der Waals surface area contributed by atoms with Crippen LogP contribution in [-0.2, 0) is 21.2 Å². The van der Waals surface area contributed by atoms with Gasteiger partial charge in [0.1, 0.15) is 4.90 Å². The summed E-state index contributed by atoms with van der Waals surface area (Å²) in [4.78, 5) is 11.5. The molecule has 0 saturated heterocycles. The third-order valence-electron chi connectivity index (χ3n) is 3.10. The fourth-order valence-corrected chi connectivity index (χ4v) is 4.30. The number of sulfonamides is 1. The first-order valence-electron chi connectivity index (χ1n) is 6.16. The van der Waals surface area contributed by atoms with Crippen molar-refractivity contribution in [2.75, 3.05) is 10.0 Å². The van der Waals surface area contributed by atoms with Crippen LogP contribution in [0.4, 0.5) is 11.4 Å². The van der Waals surface area contributed by atoms with Gasteiger partial charge >= 0.3 is 0 Å². The summed E-state index contributed by atoms with van der Waals surface area (Å²) in [5.74, 6) is -0.137. The number of fused-ring (bicyclic) bond motifs is 1. The minimum absolute atomic E-state index is 0.113. The maximum atomic E-state index is 12.5. The zero-order valence-electron chi connectivity index (χ0n) is 10.8. The minimum atomic E-state index is -3.72. The van der Waals surface area contributed by atoms with Gasteiger partial charge in [-0.1, -0.05) is 18.2 Å². The van der Waals surface area contributed by atoms with Crippen LogP contribution in [0.5, 0.6) is 0 Å². The van der Waals surface area contributed by atoms with Crippen LogP contribution in [0.3, 0.4) is 0 Å². The molecule has 21 heavy (non-hydrogen) atoms. The lowest BCUT2D eigenvalue weighted by Gasteiger charge is -2.11. The van der Waals surface area contributed by atoms with Crippen molar-refractivity contribution in [2.45, 2.75) is 11.3 Å². The lowest BCUT2D eigenvalue weighted by atomic mass is 10.2. The van der Waals surface area contributed by atoms with Crippen molar-refractivity contribution in [1.29, 1.82) is 0 Å². The lowest BCUT2D eigenvalue weighted by Crippen LogP contribution is -2.13. The van der Waals surface area contributed by atoms with Gasteiger partial charge in [0, 0.05) is 15.8 Å². The molecule has 0 unspecified atom stereocenters. The van der Waals surface area contributed by atoms with Crippen molar-refractivity contribution in [3.63, 3.8) is 0 Å². The Balaban J connectivity index is 2.00. The smallest absolute Gasteiger partial charge is 0.263 e. The van der Waals surface area contributed by atoms with Crippen molar-refractivity contribution >= 4 is 43.2 Å². The molecule has 1 heterocycles. The summed E-state index contributed by atoms with van der Waals surface area (Å²) in [5.41, 5.74) is 1.81. The largest absolute Gasteiger partial charge is 0.325 e. The Bertz CT molecular complexity index is 820. The predicted molar refractivity (Wildman–Crippen MR) is 83.7 cm³/mol. The van der Waals surface area contributed by atoms with Crippen molar-refractivity contribution in [3.05, 3.63) is 52.5 Å². The Kier molecular flexibility index (Phi) is 3.46. The highest BCUT2D eigenvalue weighted by molar-refractivity contribution is 9.10. The van der Waals surface area contributed by atoms with Gasteiger partial charge < -0.3 is 5.32 Å². The van der Waals surface area contributed by atoms with E-state index in [0.29, 0.717) is 21.4 Å². The zero-order valence-corrected chi connectivity index (χ0v) is 13.2. The van der Waals surface area contributed by atoms with E-state index in [9.17, 15) is 13.2 Å². The summed E-state index contributed by atoms with van der Waals surface area (Å²) in [6, 6.07) is 11.8. The fraction of sp³-hybridized carbons (Fsp3) is 0.0714. The topological polar surface area (TPSA) is 75.3 Å². The molecular weight excluding hydrogens is 356 g/mol. The molecule has 1 amide bonds. The highest BCUT2D eigenvalue weighted by atomic mass is 79.9. The van der Waals surface area contributed by atoms with E-state index in [-0.39, 0.29) is 17.2 Å². The Morgan fingerprint density at radius 2 is 1.86 bits per heavy atom. The lowest BCUT2D eigenvalue weighted by molar-refractivity contribution is -0.115. The monoisotopic (exact) mass is 366 g/mol. The van der Waals surface area contributed by atoms with Crippen LogP contribution in [0, 0.1) is 0 Å². The van der Waals surface area contributed by atoms with E-state index >= 15 is 0 Å². The van der Waals surface area contributed by atoms with Gasteiger partial charge in [-0.2, -0.15) is 0 Å². The van der Waals surface area contributed by atoms with Crippen LogP contribution < -0.4 is 10.0 Å². The third-order valence-corrected chi connectivity index (χ3v) is 5.44. The molecule has 108 valence electrons. The number of carbonyl (C=O) groups is 1. The van der Waals surface area contributed by atoms with Gasteiger partial charge in [0.25, 0.3) is 10.0 Å². The maximum absolute atomic E-state index is 12.5. The number of carbonyl (C=O) groups excluding carboxylic acids is 1. The highest BCUT2D eigenvalue weighted by Gasteiger charge is 2.24. The number of hydrogen-bond acceptors (Lipinski definition) is 3. The molecule has 7 heteroatoms. The normalized spacial score (nSPS) is 13.7. The second kappa shape index (κ2) is 5.16. The summed E-state index contributed by atoms with van der Waals surface area (Å²) in [6.45, 7) is 0. The number of para-hydroxylation sites is 1. The molecule has 1 aliphatic rings. The maximum Gasteiger partial charge on any atom is 0.263 e. The molecule has 0 aliphatic carbocycles. The molecule has 2 aromatic carbocycles. The van der Waals surface area contributed by atoms with E-state index in [1.807, 2.05) is 0 Å². The fourth-order valence-electron chi connectivity index (χ4n) is 2.15. The molecule has 2 aromatic rings. The predicted octanol–water partition coefficient (Wildman–Crippen LogP) is 2.74. The van der Waals surface area contributed by atoms with E-state index in [0.717, 1.165) is 0 Å². The summed E-state index contributed by atoms with van der Waals surface area (Å²) in [5, 5.41) is 2.68. The van der Waals surface area contributed by atoms with Crippen molar-refractivity contribution < 1.29 is 13.2 Å². The van der Waals surface area contributed by atoms with Gasteiger partial charge in [-0.3, -0.25) is 9.52 Å². The number of benzene rings is 2. The van der Waals surface area contributed by atoms with E-state index < -0.39 is 10.0 Å². The Labute approximate surface area is 130 Å². The summed E-state index contributed by atoms with van der Waals surface area (Å²) < 4.78 is 27.8. The minimum Gasteiger partial charge on any atom is -0.325 e. The molecule has 0 saturated carbocycles. The highest BCUT2D eigenvalue weighted by Crippen LogP contribution is 2.33. The third kappa shape index (κ3) is 2.79. The quantitative estimate of drug-likeness (QED) is 0.876. The van der Waals surface area contributed by atoms with E-state index in [1.54, 1.807) is 36.4 Å². The number of amides is 1. The molecular formula is C14H11BrN2O3S. The van der Waals surface area contributed by atoms with Crippen LogP contribution in [0.1, 0.15) is 5.56 Å². The van der Waals surface area contributed by atoms with Crippen LogP contribution >= 0.6 is 15.9 Å². The van der Waals surface area contributed by atoms with Gasteiger partial charge in [-0.05, 0) is 45.8 Å². The first-order valence-corrected chi connectivity index (χ1v) is 8.43. The molecule has 5 nitrogen and oxygen atoms in total. The van der Waals surface area contributed by atoms with E-state index in [1.165, 1.54) is 6.07 Å². The summed E-state index contributed by atoms with van der Waals surface area (Å²) in [6.07, 6.45) is 0.191. The van der Waals surface area contributed by atoms with Crippen LogP contribution in [0.2, 0.25) is 0 Å². The first kappa shape index (κ1) is 14.1. The van der Waals surface area contributed by atoms with Gasteiger partial charge in [-0.15, -0.1) is 0 Å². The van der Waals surface area contributed by atoms with Crippen LogP contribution in [-0.4, -0.2) is 14.3 Å². The van der Waals surface area contributed by atoms with Gasteiger partial charge in [-0.25, -0.2) is 8.42 Å². The Morgan fingerprint density at radius 1 is 1.14 bits per heavy atom. The molecule has 1 aliphatic heterocycles. The van der Waals surface area contributed by atoms with E-state index in [4.69, 9.17) is 0 Å². The van der Waals surface area contributed by atoms with Gasteiger partial charge in [0.05, 0.1) is 6.42 Å². The second-order valence-electron chi connectivity index (χ2n) is 4.64. The molecule has 2 N–H and O–H groups in total. The van der Waals surface area contributed by atoms with Gasteiger partial charge in [0.15, 0.2) is 0 Å².